The van der Waals surface area contributed by atoms with Gasteiger partial charge in [0.1, 0.15) is 0 Å². The smallest absolute Gasteiger partial charge is 0.335 e. The van der Waals surface area contributed by atoms with Crippen LogP contribution in [0.3, 0.4) is 0 Å². The highest BCUT2D eigenvalue weighted by molar-refractivity contribution is 5.88. The van der Waals surface area contributed by atoms with Crippen molar-refractivity contribution in [3.8, 4) is 0 Å². The Morgan fingerprint density at radius 1 is 0.878 bits per heavy atom. The number of rotatable bonds is 6. The molecule has 6 nitrogen and oxygen atoms in total. The van der Waals surface area contributed by atoms with Crippen molar-refractivity contribution in [3.63, 3.8) is 0 Å². The highest BCUT2D eigenvalue weighted by atomic mass is 16.4. The molecule has 1 heterocycles. The lowest BCUT2D eigenvalue weighted by atomic mass is 9.40. The lowest BCUT2D eigenvalue weighted by Crippen LogP contribution is -2.57. The number of β-amino-alcohol motifs (C(OH)–C–C–N with tert-alkyl or cyclic N) is 1. The van der Waals surface area contributed by atoms with Crippen LogP contribution in [0, 0.1) is 51.2 Å². The van der Waals surface area contributed by atoms with Crippen LogP contribution in [-0.4, -0.2) is 71.2 Å². The molecule has 1 aromatic carbocycles. The van der Waals surface area contributed by atoms with E-state index >= 15 is 0 Å². The maximum Gasteiger partial charge on any atom is 0.335 e. The van der Waals surface area contributed by atoms with Gasteiger partial charge in [0.25, 0.3) is 0 Å². The van der Waals surface area contributed by atoms with E-state index < -0.39 is 5.97 Å². The predicted molar refractivity (Wildman–Crippen MR) is 198 cm³/mol. The largest absolute Gasteiger partial charge is 0.478 e. The third-order valence-corrected chi connectivity index (χ3v) is 15.5. The van der Waals surface area contributed by atoms with Crippen LogP contribution < -0.4 is 0 Å². The standard InChI is InChI=1S/C43H64N2O4/c1-29(2)33-16-22-43(39(49)45-25-23-44(24-26-45)27-28-46)21-15-30(3)41(6)20-18-36-40(4,5)34(31-11-13-32(14-12-31)38(47)48)17-19-42(36,7)37(41)10-8-9-35(33)43/h11-14,17,30,33,35-37,46H,1,8-10,15-16,18-28H2,2-7H3,(H,47,48)/t30-,33+,35+,36+,37+,41+,42+,43-/m1/s1. The van der Waals surface area contributed by atoms with Crippen molar-refractivity contribution >= 4 is 17.4 Å². The van der Waals surface area contributed by atoms with Crippen LogP contribution in [0.2, 0.25) is 0 Å². The predicted octanol–water partition coefficient (Wildman–Crippen LogP) is 8.56. The number of fused-ring (bicyclic) bond motifs is 4. The Balaban J connectivity index is 1.29. The van der Waals surface area contributed by atoms with E-state index in [1.165, 1.54) is 30.4 Å². The second-order valence-corrected chi connectivity index (χ2v) is 18.1. The Kier molecular flexibility index (Phi) is 10.1. The molecular formula is C43H64N2O4. The van der Waals surface area contributed by atoms with E-state index in [9.17, 15) is 19.8 Å². The lowest BCUT2D eigenvalue weighted by molar-refractivity contribution is -0.150. The van der Waals surface area contributed by atoms with Crippen LogP contribution in [0.15, 0.2) is 42.5 Å². The molecule has 4 aliphatic carbocycles. The molecule has 8 atom stereocenters. The first-order valence-corrected chi connectivity index (χ1v) is 19.5. The van der Waals surface area contributed by atoms with Crippen molar-refractivity contribution in [2.75, 3.05) is 39.3 Å². The Morgan fingerprint density at radius 2 is 1.55 bits per heavy atom. The van der Waals surface area contributed by atoms with Gasteiger partial charge in [0.2, 0.25) is 5.91 Å². The van der Waals surface area contributed by atoms with Gasteiger partial charge in [0.05, 0.1) is 17.6 Å². The summed E-state index contributed by atoms with van der Waals surface area (Å²) in [6, 6.07) is 7.54. The molecule has 2 N–H and O–H groups in total. The Morgan fingerprint density at radius 3 is 2.18 bits per heavy atom. The van der Waals surface area contributed by atoms with Gasteiger partial charge in [-0.2, -0.15) is 0 Å². The zero-order chi connectivity index (χ0) is 35.4. The fourth-order valence-corrected chi connectivity index (χ4v) is 12.6. The quantitative estimate of drug-likeness (QED) is 0.296. The number of hydrogen-bond acceptors (Lipinski definition) is 4. The molecule has 1 aromatic rings. The van der Waals surface area contributed by atoms with Crippen molar-refractivity contribution < 1.29 is 19.8 Å². The van der Waals surface area contributed by atoms with Crippen molar-refractivity contribution in [2.45, 2.75) is 106 Å². The van der Waals surface area contributed by atoms with Gasteiger partial charge in [-0.1, -0.05) is 71.4 Å². The number of aliphatic hydroxyl groups is 1. The van der Waals surface area contributed by atoms with Gasteiger partial charge in [-0.25, -0.2) is 4.79 Å². The fraction of sp³-hybridized carbons (Fsp3) is 0.721. The van der Waals surface area contributed by atoms with Gasteiger partial charge in [0.15, 0.2) is 0 Å². The Bertz CT molecular complexity index is 1440. The van der Waals surface area contributed by atoms with Crippen molar-refractivity contribution in [3.05, 3.63) is 53.6 Å². The summed E-state index contributed by atoms with van der Waals surface area (Å²) >= 11 is 0. The molecule has 0 spiro atoms. The number of carboxylic acid groups (broad SMARTS) is 1. The molecule has 3 saturated carbocycles. The second-order valence-electron chi connectivity index (χ2n) is 18.1. The van der Waals surface area contributed by atoms with Gasteiger partial charge in [0, 0.05) is 32.7 Å². The summed E-state index contributed by atoms with van der Waals surface area (Å²) in [6.07, 6.45) is 13.6. The summed E-state index contributed by atoms with van der Waals surface area (Å²) in [6.45, 7) is 23.4. The average Bonchev–Trinajstić information content (AvgIpc) is 3.44. The highest BCUT2D eigenvalue weighted by Crippen LogP contribution is 2.69. The fourth-order valence-electron chi connectivity index (χ4n) is 12.6. The number of carbonyl (C=O) groups is 2. The second kappa shape index (κ2) is 13.6. The molecule has 49 heavy (non-hydrogen) atoms. The summed E-state index contributed by atoms with van der Waals surface area (Å²) in [5, 5.41) is 19.0. The molecule has 1 saturated heterocycles. The minimum atomic E-state index is -0.876. The molecule has 0 bridgehead atoms. The molecule has 1 aliphatic heterocycles. The monoisotopic (exact) mass is 672 g/mol. The third kappa shape index (κ3) is 6.15. The molecule has 0 radical (unpaired) electrons. The van der Waals surface area contributed by atoms with E-state index in [0.717, 1.165) is 76.7 Å². The minimum absolute atomic E-state index is 0.0170. The minimum Gasteiger partial charge on any atom is -0.478 e. The van der Waals surface area contributed by atoms with Gasteiger partial charge >= 0.3 is 5.97 Å². The molecule has 0 aromatic heterocycles. The van der Waals surface area contributed by atoms with Gasteiger partial charge < -0.3 is 15.1 Å². The van der Waals surface area contributed by atoms with Crippen molar-refractivity contribution in [2.24, 2.45) is 51.2 Å². The first kappa shape index (κ1) is 36.4. The molecule has 6 rings (SSSR count). The average molecular weight is 673 g/mol. The van der Waals surface area contributed by atoms with E-state index in [-0.39, 0.29) is 28.3 Å². The number of aliphatic hydroxyl groups excluding tert-OH is 1. The normalized spacial score (nSPS) is 38.1. The van der Waals surface area contributed by atoms with Crippen LogP contribution in [-0.2, 0) is 4.79 Å². The zero-order valence-electron chi connectivity index (χ0n) is 31.4. The van der Waals surface area contributed by atoms with E-state index in [4.69, 9.17) is 0 Å². The van der Waals surface area contributed by atoms with Gasteiger partial charge in [-0.15, -0.1) is 0 Å². The van der Waals surface area contributed by atoms with Crippen LogP contribution >= 0.6 is 0 Å². The molecule has 1 amide bonds. The summed E-state index contributed by atoms with van der Waals surface area (Å²) in [5.41, 5.74) is 4.23. The first-order valence-electron chi connectivity index (χ1n) is 19.5. The molecule has 0 unspecified atom stereocenters. The maximum atomic E-state index is 14.8. The summed E-state index contributed by atoms with van der Waals surface area (Å²) in [4.78, 5) is 30.9. The molecular weight excluding hydrogens is 608 g/mol. The number of nitrogens with zero attached hydrogens (tertiary/aromatic N) is 2. The van der Waals surface area contributed by atoms with Crippen LogP contribution in [0.5, 0.6) is 0 Å². The number of benzene rings is 1. The molecule has 270 valence electrons. The van der Waals surface area contributed by atoms with Crippen LogP contribution in [0.25, 0.3) is 5.57 Å². The third-order valence-electron chi connectivity index (χ3n) is 15.5. The van der Waals surface area contributed by atoms with E-state index in [1.807, 2.05) is 12.1 Å². The zero-order valence-corrected chi connectivity index (χ0v) is 31.4. The topological polar surface area (TPSA) is 81.1 Å². The first-order chi connectivity index (χ1) is 23.2. The summed E-state index contributed by atoms with van der Waals surface area (Å²) in [7, 11) is 0. The molecule has 6 heteroatoms. The van der Waals surface area contributed by atoms with Crippen molar-refractivity contribution in [1.82, 2.24) is 9.80 Å². The summed E-state index contributed by atoms with van der Waals surface area (Å²) in [5.74, 6) is 2.00. The van der Waals surface area contributed by atoms with Crippen molar-refractivity contribution in [1.29, 1.82) is 0 Å². The number of amides is 1. The molecule has 5 aliphatic rings. The Labute approximate surface area is 296 Å². The van der Waals surface area contributed by atoms with E-state index in [1.54, 1.807) is 12.1 Å². The number of carboxylic acids is 1. The SMILES string of the molecule is C=C(C)[C@@H]1CC[C@]2(C(=O)N3CCN(CCO)CC3)CC[C@@H](C)[C@]3(C)CC[C@H]4C(C)(C)C(c5ccc(C(=O)O)cc5)=CC[C@]4(C)[C@H]3CCC[C@@H]12. The van der Waals surface area contributed by atoms with E-state index in [2.05, 4.69) is 64.0 Å². The van der Waals surface area contributed by atoms with Gasteiger partial charge in [-0.3, -0.25) is 9.69 Å². The number of aromatic carboxylic acids is 1. The number of piperazine rings is 1. The summed E-state index contributed by atoms with van der Waals surface area (Å²) < 4.78 is 0. The molecule has 4 fully saturated rings. The number of allylic oxidation sites excluding steroid dienone is 3. The number of hydrogen-bond donors (Lipinski definition) is 2. The van der Waals surface area contributed by atoms with Crippen LogP contribution in [0.4, 0.5) is 0 Å². The highest BCUT2D eigenvalue weighted by Gasteiger charge is 2.61. The van der Waals surface area contributed by atoms with E-state index in [0.29, 0.717) is 47.6 Å². The maximum absolute atomic E-state index is 14.8. The van der Waals surface area contributed by atoms with Gasteiger partial charge in [-0.05, 0) is 134 Å². The van der Waals surface area contributed by atoms with Crippen LogP contribution in [0.1, 0.15) is 122 Å². The number of carbonyl (C=O) groups excluding carboxylic acids is 1. The Hall–Kier alpha value is -2.44. The lowest BCUT2D eigenvalue weighted by Gasteiger charge is -2.64.